The fourth-order valence-corrected chi connectivity index (χ4v) is 2.65. The number of anilines is 1. The summed E-state index contributed by atoms with van der Waals surface area (Å²) < 4.78 is 16.0. The first-order chi connectivity index (χ1) is 12.5. The Morgan fingerprint density at radius 3 is 2.23 bits per heavy atom. The number of benzene rings is 2. The van der Waals surface area contributed by atoms with Gasteiger partial charge in [-0.25, -0.2) is 4.79 Å². The van der Waals surface area contributed by atoms with Gasteiger partial charge in [-0.1, -0.05) is 12.1 Å². The molecule has 0 aliphatic heterocycles. The van der Waals surface area contributed by atoms with Gasteiger partial charge in [0.1, 0.15) is 0 Å². The van der Waals surface area contributed by atoms with Crippen LogP contribution in [0, 0.1) is 13.8 Å². The zero-order valence-corrected chi connectivity index (χ0v) is 15.9. The van der Waals surface area contributed by atoms with Crippen molar-refractivity contribution in [2.24, 2.45) is 0 Å². The summed E-state index contributed by atoms with van der Waals surface area (Å²) in [5.41, 5.74) is 3.99. The smallest absolute Gasteiger partial charge is 0.319 e. The van der Waals surface area contributed by atoms with E-state index in [0.717, 1.165) is 22.4 Å². The maximum absolute atomic E-state index is 12.1. The second-order valence-corrected chi connectivity index (χ2v) is 5.91. The number of carbonyl (C=O) groups is 1. The Labute approximate surface area is 154 Å². The van der Waals surface area contributed by atoms with Crippen molar-refractivity contribution in [2.45, 2.75) is 20.3 Å². The highest BCUT2D eigenvalue weighted by molar-refractivity contribution is 5.90. The van der Waals surface area contributed by atoms with Crippen molar-refractivity contribution in [3.05, 3.63) is 47.0 Å². The Bertz CT molecular complexity index is 749. The standard InChI is InChI=1S/C20H26N2O4/c1-13-7-6-8-16(14(13)2)22-20(23)21-10-9-15-11-17(24-3)19(26-5)18(12-15)25-4/h6-8,11-12H,9-10H2,1-5H3,(H2,21,22,23). The number of urea groups is 1. The maximum atomic E-state index is 12.1. The van der Waals surface area contributed by atoms with Crippen molar-refractivity contribution >= 4 is 11.7 Å². The molecule has 2 aromatic carbocycles. The van der Waals surface area contributed by atoms with Gasteiger partial charge in [-0.2, -0.15) is 0 Å². The molecule has 2 N–H and O–H groups in total. The summed E-state index contributed by atoms with van der Waals surface area (Å²) in [6, 6.07) is 9.36. The molecule has 140 valence electrons. The van der Waals surface area contributed by atoms with Gasteiger partial charge >= 0.3 is 6.03 Å². The van der Waals surface area contributed by atoms with Crippen molar-refractivity contribution in [3.63, 3.8) is 0 Å². The number of hydrogen-bond acceptors (Lipinski definition) is 4. The van der Waals surface area contributed by atoms with Gasteiger partial charge in [0.2, 0.25) is 5.75 Å². The molecule has 0 aliphatic carbocycles. The fraction of sp³-hybridized carbons (Fsp3) is 0.350. The lowest BCUT2D eigenvalue weighted by molar-refractivity contribution is 0.252. The summed E-state index contributed by atoms with van der Waals surface area (Å²) in [5.74, 6) is 1.75. The average molecular weight is 358 g/mol. The molecular weight excluding hydrogens is 332 g/mol. The highest BCUT2D eigenvalue weighted by Crippen LogP contribution is 2.38. The minimum absolute atomic E-state index is 0.230. The van der Waals surface area contributed by atoms with Gasteiger partial charge in [0.15, 0.2) is 11.5 Å². The normalized spacial score (nSPS) is 10.2. The van der Waals surface area contributed by atoms with E-state index < -0.39 is 0 Å². The number of nitrogens with one attached hydrogen (secondary N) is 2. The minimum atomic E-state index is -0.230. The second-order valence-electron chi connectivity index (χ2n) is 5.91. The first-order valence-corrected chi connectivity index (χ1v) is 8.40. The Balaban J connectivity index is 1.97. The predicted octanol–water partition coefficient (Wildman–Crippen LogP) is 3.69. The quantitative estimate of drug-likeness (QED) is 0.792. The van der Waals surface area contributed by atoms with Gasteiger partial charge in [-0.05, 0) is 55.2 Å². The molecular formula is C20H26N2O4. The summed E-state index contributed by atoms with van der Waals surface area (Å²) in [5, 5.41) is 5.75. The van der Waals surface area contributed by atoms with E-state index in [9.17, 15) is 4.79 Å². The highest BCUT2D eigenvalue weighted by Gasteiger charge is 2.13. The van der Waals surface area contributed by atoms with E-state index in [1.165, 1.54) is 0 Å². The van der Waals surface area contributed by atoms with E-state index in [2.05, 4.69) is 10.6 Å². The molecule has 6 nitrogen and oxygen atoms in total. The molecule has 0 bridgehead atoms. The number of ether oxygens (including phenoxy) is 3. The molecule has 6 heteroatoms. The maximum Gasteiger partial charge on any atom is 0.319 e. The third-order valence-corrected chi connectivity index (χ3v) is 4.28. The zero-order chi connectivity index (χ0) is 19.1. The third-order valence-electron chi connectivity index (χ3n) is 4.28. The summed E-state index contributed by atoms with van der Waals surface area (Å²) in [6.45, 7) is 4.49. The van der Waals surface area contributed by atoms with E-state index in [1.54, 1.807) is 21.3 Å². The van der Waals surface area contributed by atoms with Crippen molar-refractivity contribution in [1.82, 2.24) is 5.32 Å². The van der Waals surface area contributed by atoms with Gasteiger partial charge in [-0.15, -0.1) is 0 Å². The second kappa shape index (κ2) is 8.99. The molecule has 0 aliphatic rings. The zero-order valence-electron chi connectivity index (χ0n) is 15.9. The Morgan fingerprint density at radius 1 is 1.00 bits per heavy atom. The van der Waals surface area contributed by atoms with Gasteiger partial charge < -0.3 is 24.8 Å². The molecule has 26 heavy (non-hydrogen) atoms. The Hall–Kier alpha value is -2.89. The number of carbonyl (C=O) groups excluding carboxylic acids is 1. The van der Waals surface area contributed by atoms with Crippen molar-refractivity contribution in [1.29, 1.82) is 0 Å². The molecule has 0 heterocycles. The number of methoxy groups -OCH3 is 3. The lowest BCUT2D eigenvalue weighted by atomic mass is 10.1. The minimum Gasteiger partial charge on any atom is -0.493 e. The summed E-state index contributed by atoms with van der Waals surface area (Å²) in [7, 11) is 4.73. The van der Waals surface area contributed by atoms with Gasteiger partial charge in [-0.3, -0.25) is 0 Å². The van der Waals surface area contributed by atoms with Crippen LogP contribution in [0.15, 0.2) is 30.3 Å². The SMILES string of the molecule is COc1cc(CCNC(=O)Nc2cccc(C)c2C)cc(OC)c1OC. The highest BCUT2D eigenvalue weighted by atomic mass is 16.5. The van der Waals surface area contributed by atoms with Crippen LogP contribution in [0.3, 0.4) is 0 Å². The number of amides is 2. The molecule has 2 rings (SSSR count). The van der Waals surface area contributed by atoms with Crippen LogP contribution in [0.5, 0.6) is 17.2 Å². The van der Waals surface area contributed by atoms with Crippen LogP contribution in [-0.2, 0) is 6.42 Å². The molecule has 0 spiro atoms. The summed E-state index contributed by atoms with van der Waals surface area (Å²) in [6.07, 6.45) is 0.636. The van der Waals surface area contributed by atoms with E-state index in [0.29, 0.717) is 30.2 Å². The van der Waals surface area contributed by atoms with Gasteiger partial charge in [0, 0.05) is 12.2 Å². The number of aryl methyl sites for hydroxylation is 1. The Kier molecular flexibility index (Phi) is 6.72. The molecule has 0 fully saturated rings. The van der Waals surface area contributed by atoms with Gasteiger partial charge in [0.25, 0.3) is 0 Å². The molecule has 0 radical (unpaired) electrons. The lowest BCUT2D eigenvalue weighted by Crippen LogP contribution is -2.30. The Morgan fingerprint density at radius 2 is 1.65 bits per heavy atom. The monoisotopic (exact) mass is 358 g/mol. The fourth-order valence-electron chi connectivity index (χ4n) is 2.65. The van der Waals surface area contributed by atoms with Crippen LogP contribution in [0.4, 0.5) is 10.5 Å². The molecule has 2 amide bonds. The van der Waals surface area contributed by atoms with Crippen LogP contribution < -0.4 is 24.8 Å². The molecule has 0 saturated heterocycles. The average Bonchev–Trinajstić information content (AvgIpc) is 2.64. The number of rotatable bonds is 7. The van der Waals surface area contributed by atoms with Crippen LogP contribution in [0.2, 0.25) is 0 Å². The summed E-state index contributed by atoms with van der Waals surface area (Å²) in [4.78, 5) is 12.1. The van der Waals surface area contributed by atoms with E-state index in [1.807, 2.05) is 44.2 Å². The van der Waals surface area contributed by atoms with E-state index in [-0.39, 0.29) is 6.03 Å². The van der Waals surface area contributed by atoms with Gasteiger partial charge in [0.05, 0.1) is 21.3 Å². The van der Waals surface area contributed by atoms with Crippen LogP contribution in [0.1, 0.15) is 16.7 Å². The van der Waals surface area contributed by atoms with Crippen molar-refractivity contribution < 1.29 is 19.0 Å². The first kappa shape index (κ1) is 19.4. The lowest BCUT2D eigenvalue weighted by Gasteiger charge is -2.14. The van der Waals surface area contributed by atoms with E-state index in [4.69, 9.17) is 14.2 Å². The van der Waals surface area contributed by atoms with Crippen LogP contribution in [0.25, 0.3) is 0 Å². The molecule has 0 atom stereocenters. The van der Waals surface area contributed by atoms with Crippen LogP contribution in [-0.4, -0.2) is 33.9 Å². The molecule has 2 aromatic rings. The van der Waals surface area contributed by atoms with E-state index >= 15 is 0 Å². The van der Waals surface area contributed by atoms with Crippen molar-refractivity contribution in [2.75, 3.05) is 33.2 Å². The predicted molar refractivity (Wildman–Crippen MR) is 103 cm³/mol. The van der Waals surface area contributed by atoms with Crippen LogP contribution >= 0.6 is 0 Å². The van der Waals surface area contributed by atoms with Crippen molar-refractivity contribution in [3.8, 4) is 17.2 Å². The molecule has 0 aromatic heterocycles. The first-order valence-electron chi connectivity index (χ1n) is 8.40. The topological polar surface area (TPSA) is 68.8 Å². The number of hydrogen-bond donors (Lipinski definition) is 2. The molecule has 0 unspecified atom stereocenters. The molecule has 0 saturated carbocycles. The largest absolute Gasteiger partial charge is 0.493 e. The third kappa shape index (κ3) is 4.59. The summed E-state index contributed by atoms with van der Waals surface area (Å²) >= 11 is 0.